The predicted octanol–water partition coefficient (Wildman–Crippen LogP) is 8.92. The highest BCUT2D eigenvalue weighted by Gasteiger charge is 2.38. The van der Waals surface area contributed by atoms with Crippen LogP contribution in [0.25, 0.3) is 0 Å². The maximum absolute atomic E-state index is 13.9. The molecule has 2 amide bonds. The third kappa shape index (κ3) is 5.76. The minimum absolute atomic E-state index is 0.0389. The van der Waals surface area contributed by atoms with Crippen molar-refractivity contribution in [2.45, 2.75) is 6.42 Å². The van der Waals surface area contributed by atoms with Crippen LogP contribution in [0.2, 0.25) is 30.1 Å². The van der Waals surface area contributed by atoms with Crippen molar-refractivity contribution in [3.05, 3.63) is 71.6 Å². The van der Waals surface area contributed by atoms with Gasteiger partial charge in [-0.25, -0.2) is 14.4 Å². The van der Waals surface area contributed by atoms with Gasteiger partial charge in [0.05, 0.1) is 44.4 Å². The Morgan fingerprint density at radius 3 is 1.81 bits per heavy atom. The summed E-state index contributed by atoms with van der Waals surface area (Å²) in [5.74, 6) is 0.522. The van der Waals surface area contributed by atoms with Crippen LogP contribution < -0.4 is 28.9 Å². The number of halogens is 6. The molecule has 3 aromatic carbocycles. The van der Waals surface area contributed by atoms with Crippen LogP contribution in [-0.4, -0.2) is 20.3 Å². The van der Waals surface area contributed by atoms with Crippen molar-refractivity contribution in [2.24, 2.45) is 0 Å². The summed E-state index contributed by atoms with van der Waals surface area (Å²) in [4.78, 5) is 12.9. The molecule has 37 heavy (non-hydrogen) atoms. The second-order valence-corrected chi connectivity index (χ2v) is 11.4. The quantitative estimate of drug-likeness (QED) is 0.217. The topological polar surface area (TPSA) is 95.1 Å². The number of nitrogens with one attached hydrogen (secondary N) is 2. The van der Waals surface area contributed by atoms with Crippen LogP contribution in [0.4, 0.5) is 10.5 Å². The van der Waals surface area contributed by atoms with E-state index < -0.39 is 13.8 Å². The standard InChI is InChI=1S/C22H15Cl6N2O6P/c1-33-16-4-3-9(5-17(16)34-2)29-22(31)30-37(32)35-20-10(18(27)12(23)7-14(20)25)6-11-19(28)13(24)8-15(26)21(11)36-37/h3-5,7-8H,6H2,1-2H3,(H2,29,30,31,32). The Bertz CT molecular complexity index is 1400. The van der Waals surface area contributed by atoms with Crippen molar-refractivity contribution < 1.29 is 27.9 Å². The Kier molecular flexibility index (Phi) is 8.41. The fraction of sp³-hybridized carbons (Fsp3) is 0.136. The van der Waals surface area contributed by atoms with E-state index in [1.165, 1.54) is 32.4 Å². The number of urea groups is 1. The summed E-state index contributed by atoms with van der Waals surface area (Å²) in [5, 5.41) is 4.97. The van der Waals surface area contributed by atoms with E-state index in [2.05, 4.69) is 10.4 Å². The van der Waals surface area contributed by atoms with Gasteiger partial charge < -0.3 is 23.8 Å². The molecule has 0 saturated heterocycles. The van der Waals surface area contributed by atoms with Crippen LogP contribution in [-0.2, 0) is 11.0 Å². The molecule has 0 spiro atoms. The SMILES string of the molecule is COc1ccc(NC(=O)NP2(=O)Oc3c(Cl)cc(Cl)c(Cl)c3Cc3c(Cl)c(Cl)cc(Cl)c3O2)cc1OC. The molecule has 0 bridgehead atoms. The molecule has 1 aliphatic rings. The van der Waals surface area contributed by atoms with Crippen LogP contribution in [0, 0.1) is 0 Å². The third-order valence-corrected chi connectivity index (χ3v) is 8.63. The van der Waals surface area contributed by atoms with E-state index >= 15 is 0 Å². The van der Waals surface area contributed by atoms with E-state index in [0.717, 1.165) is 0 Å². The molecule has 4 rings (SSSR count). The van der Waals surface area contributed by atoms with Gasteiger partial charge in [-0.05, 0) is 24.3 Å². The average Bonchev–Trinajstić information content (AvgIpc) is 2.83. The number of amides is 2. The van der Waals surface area contributed by atoms with Gasteiger partial charge in [0.25, 0.3) is 0 Å². The highest BCUT2D eigenvalue weighted by Crippen LogP contribution is 2.56. The second kappa shape index (κ2) is 11.1. The molecular weight excluding hydrogens is 632 g/mol. The number of rotatable bonds is 4. The molecule has 0 radical (unpaired) electrons. The van der Waals surface area contributed by atoms with Gasteiger partial charge in [0, 0.05) is 29.3 Å². The van der Waals surface area contributed by atoms with Crippen molar-refractivity contribution >= 4 is 89.1 Å². The van der Waals surface area contributed by atoms with Crippen LogP contribution >= 0.6 is 77.4 Å². The van der Waals surface area contributed by atoms with E-state index in [9.17, 15) is 9.36 Å². The first-order valence-electron chi connectivity index (χ1n) is 10.1. The van der Waals surface area contributed by atoms with E-state index in [0.29, 0.717) is 11.5 Å². The summed E-state index contributed by atoms with van der Waals surface area (Å²) in [5.41, 5.74) is 0.743. The molecule has 1 heterocycles. The number of hydrogen-bond acceptors (Lipinski definition) is 6. The molecule has 3 aromatic rings. The number of methoxy groups -OCH3 is 2. The first kappa shape index (κ1) is 28.1. The number of hydrogen-bond donors (Lipinski definition) is 2. The van der Waals surface area contributed by atoms with Gasteiger partial charge in [-0.1, -0.05) is 69.6 Å². The van der Waals surface area contributed by atoms with E-state index in [4.69, 9.17) is 88.1 Å². The molecule has 0 fully saturated rings. The van der Waals surface area contributed by atoms with Crippen molar-refractivity contribution in [1.82, 2.24) is 5.09 Å². The highest BCUT2D eigenvalue weighted by molar-refractivity contribution is 7.53. The molecule has 0 aliphatic carbocycles. The van der Waals surface area contributed by atoms with Gasteiger partial charge in [-0.3, -0.25) is 0 Å². The van der Waals surface area contributed by atoms with Crippen molar-refractivity contribution in [3.63, 3.8) is 0 Å². The molecule has 0 saturated carbocycles. The molecule has 196 valence electrons. The predicted molar refractivity (Wildman–Crippen MR) is 146 cm³/mol. The largest absolute Gasteiger partial charge is 0.545 e. The lowest BCUT2D eigenvalue weighted by Gasteiger charge is -2.27. The lowest BCUT2D eigenvalue weighted by molar-refractivity contribution is 0.253. The number of carbonyl (C=O) groups excluding carboxylic acids is 1. The van der Waals surface area contributed by atoms with Crippen LogP contribution in [0.5, 0.6) is 23.0 Å². The third-order valence-electron chi connectivity index (χ3n) is 5.09. The summed E-state index contributed by atoms with van der Waals surface area (Å²) in [6, 6.07) is 6.25. The summed E-state index contributed by atoms with van der Waals surface area (Å²) >= 11 is 38.0. The van der Waals surface area contributed by atoms with E-state index in [1.807, 2.05) is 0 Å². The van der Waals surface area contributed by atoms with E-state index in [-0.39, 0.29) is 64.9 Å². The molecule has 2 N–H and O–H groups in total. The Morgan fingerprint density at radius 1 is 0.811 bits per heavy atom. The maximum Gasteiger partial charge on any atom is 0.545 e. The second-order valence-electron chi connectivity index (χ2n) is 7.42. The molecule has 15 heteroatoms. The molecule has 0 aromatic heterocycles. The summed E-state index contributed by atoms with van der Waals surface area (Å²) in [7, 11) is -1.68. The minimum atomic E-state index is -4.59. The normalized spacial score (nSPS) is 13.6. The number of fused-ring (bicyclic) bond motifs is 2. The van der Waals surface area contributed by atoms with Crippen molar-refractivity contribution in [2.75, 3.05) is 19.5 Å². The fourth-order valence-electron chi connectivity index (χ4n) is 3.45. The first-order valence-corrected chi connectivity index (χ1v) is 13.9. The smallest absolute Gasteiger partial charge is 0.493 e. The summed E-state index contributed by atoms with van der Waals surface area (Å²) < 4.78 is 35.7. The number of anilines is 1. The Labute approximate surface area is 241 Å². The lowest BCUT2D eigenvalue weighted by Crippen LogP contribution is -2.30. The van der Waals surface area contributed by atoms with Crippen molar-refractivity contribution in [1.29, 1.82) is 0 Å². The molecular formula is C22H15Cl6N2O6P. The summed E-state index contributed by atoms with van der Waals surface area (Å²) in [6.45, 7) is 0. The van der Waals surface area contributed by atoms with Gasteiger partial charge >= 0.3 is 13.8 Å². The molecule has 1 aliphatic heterocycles. The Morgan fingerprint density at radius 2 is 1.32 bits per heavy atom. The molecule has 8 nitrogen and oxygen atoms in total. The zero-order chi connectivity index (χ0) is 27.1. The van der Waals surface area contributed by atoms with Gasteiger partial charge in [-0.2, -0.15) is 0 Å². The van der Waals surface area contributed by atoms with E-state index in [1.54, 1.807) is 12.1 Å². The van der Waals surface area contributed by atoms with Crippen LogP contribution in [0.3, 0.4) is 0 Å². The zero-order valence-corrected chi connectivity index (χ0v) is 24.2. The number of benzene rings is 3. The van der Waals surface area contributed by atoms with Gasteiger partial charge in [-0.15, -0.1) is 0 Å². The van der Waals surface area contributed by atoms with Gasteiger partial charge in [0.15, 0.2) is 23.0 Å². The Hall–Kier alpha value is -1.90. The number of ether oxygens (including phenoxy) is 2. The van der Waals surface area contributed by atoms with Crippen LogP contribution in [0.15, 0.2) is 30.3 Å². The zero-order valence-electron chi connectivity index (χ0n) is 18.8. The minimum Gasteiger partial charge on any atom is -0.493 e. The monoisotopic (exact) mass is 644 g/mol. The van der Waals surface area contributed by atoms with Gasteiger partial charge in [0.2, 0.25) is 0 Å². The number of carbonyl (C=O) groups is 1. The molecule has 0 atom stereocenters. The van der Waals surface area contributed by atoms with Gasteiger partial charge in [0.1, 0.15) is 0 Å². The fourth-order valence-corrected chi connectivity index (χ4v) is 6.38. The van der Waals surface area contributed by atoms with Crippen LogP contribution in [0.1, 0.15) is 11.1 Å². The Balaban J connectivity index is 1.77. The molecule has 0 unspecified atom stereocenters. The maximum atomic E-state index is 13.9. The lowest BCUT2D eigenvalue weighted by atomic mass is 10.0. The average molecular weight is 647 g/mol. The summed E-state index contributed by atoms with van der Waals surface area (Å²) in [6.07, 6.45) is -0.0409. The highest BCUT2D eigenvalue weighted by atomic mass is 35.5. The van der Waals surface area contributed by atoms with Crippen molar-refractivity contribution in [3.8, 4) is 23.0 Å². The first-order chi connectivity index (χ1) is 17.5.